The largest absolute Gasteiger partial charge is 0.379 e. The minimum absolute atomic E-state index is 0.565. The summed E-state index contributed by atoms with van der Waals surface area (Å²) in [5.74, 6) is 1.66. The summed E-state index contributed by atoms with van der Waals surface area (Å²) >= 11 is 0. The molecule has 0 radical (unpaired) electrons. The number of hydrogen-bond donors (Lipinski definition) is 0. The fourth-order valence-corrected chi connectivity index (χ4v) is 3.22. The van der Waals surface area contributed by atoms with Crippen molar-refractivity contribution in [1.29, 1.82) is 0 Å². The Balaban J connectivity index is 1.19. The quantitative estimate of drug-likeness (QED) is 0.326. The third kappa shape index (κ3) is 13.0. The topological polar surface area (TPSA) is 55.4 Å². The van der Waals surface area contributed by atoms with Crippen LogP contribution in [0.25, 0.3) is 0 Å². The van der Waals surface area contributed by atoms with Crippen molar-refractivity contribution in [2.45, 2.75) is 26.4 Å². The molecule has 0 atom stereocenters. The monoisotopic (exact) mass is 410 g/mol. The highest BCUT2D eigenvalue weighted by atomic mass is 16.6. The van der Waals surface area contributed by atoms with Gasteiger partial charge in [0, 0.05) is 6.61 Å². The van der Waals surface area contributed by atoms with Gasteiger partial charge in [0.1, 0.15) is 0 Å². The molecule has 166 valence electrons. The molecule has 1 saturated carbocycles. The molecule has 0 N–H and O–H groups in total. The Kier molecular flexibility index (Phi) is 14.0. The molecule has 2 rings (SSSR count). The first-order valence-corrected chi connectivity index (χ1v) is 10.8. The van der Waals surface area contributed by atoms with E-state index in [9.17, 15) is 0 Å². The SMILES string of the molecule is CC1CC(COCCOCCOCCOCCOCCOCc2ccccc2)C1. The van der Waals surface area contributed by atoms with Crippen molar-refractivity contribution >= 4 is 0 Å². The van der Waals surface area contributed by atoms with Gasteiger partial charge in [0.25, 0.3) is 0 Å². The minimum Gasteiger partial charge on any atom is -0.379 e. The van der Waals surface area contributed by atoms with E-state index in [4.69, 9.17) is 28.4 Å². The van der Waals surface area contributed by atoms with Crippen LogP contribution >= 0.6 is 0 Å². The average molecular weight is 411 g/mol. The molecule has 29 heavy (non-hydrogen) atoms. The minimum atomic E-state index is 0.565. The Bertz CT molecular complexity index is 478. The summed E-state index contributed by atoms with van der Waals surface area (Å²) in [5.41, 5.74) is 1.17. The highest BCUT2D eigenvalue weighted by molar-refractivity contribution is 5.13. The molecule has 1 aliphatic carbocycles. The van der Waals surface area contributed by atoms with Gasteiger partial charge in [0.05, 0.1) is 72.7 Å². The Hall–Kier alpha value is -1.02. The maximum atomic E-state index is 5.61. The standard InChI is InChI=1S/C23H38O6/c1-21-17-23(18-21)20-29-16-14-27-12-10-25-8-7-24-9-11-26-13-15-28-19-22-5-3-2-4-6-22/h2-6,21,23H,7-20H2,1H3. The van der Waals surface area contributed by atoms with E-state index in [-0.39, 0.29) is 0 Å². The van der Waals surface area contributed by atoms with E-state index < -0.39 is 0 Å². The summed E-state index contributed by atoms with van der Waals surface area (Å²) in [5, 5.41) is 0. The van der Waals surface area contributed by atoms with Crippen LogP contribution in [0.1, 0.15) is 25.3 Å². The molecule has 1 fully saturated rings. The molecule has 6 heteroatoms. The van der Waals surface area contributed by atoms with Crippen LogP contribution in [0, 0.1) is 11.8 Å². The molecule has 1 aromatic rings. The van der Waals surface area contributed by atoms with Gasteiger partial charge in [0.15, 0.2) is 0 Å². The fraction of sp³-hybridized carbons (Fsp3) is 0.739. The highest BCUT2D eigenvalue weighted by Gasteiger charge is 2.24. The smallest absolute Gasteiger partial charge is 0.0718 e. The van der Waals surface area contributed by atoms with Crippen molar-refractivity contribution in [3.63, 3.8) is 0 Å². The zero-order valence-electron chi connectivity index (χ0n) is 17.9. The number of ether oxygens (including phenoxy) is 6. The van der Waals surface area contributed by atoms with Crippen LogP contribution in [0.4, 0.5) is 0 Å². The zero-order valence-corrected chi connectivity index (χ0v) is 17.9. The van der Waals surface area contributed by atoms with E-state index in [0.717, 1.165) is 18.4 Å². The van der Waals surface area contributed by atoms with Gasteiger partial charge in [0.2, 0.25) is 0 Å². The van der Waals surface area contributed by atoms with E-state index >= 15 is 0 Å². The molecular formula is C23H38O6. The molecule has 6 nitrogen and oxygen atoms in total. The van der Waals surface area contributed by atoms with Gasteiger partial charge in [-0.15, -0.1) is 0 Å². The molecule has 0 bridgehead atoms. The van der Waals surface area contributed by atoms with Crippen LogP contribution in [0.3, 0.4) is 0 Å². The summed E-state index contributed by atoms with van der Waals surface area (Å²) in [6, 6.07) is 10.1. The maximum absolute atomic E-state index is 5.61. The number of hydrogen-bond acceptors (Lipinski definition) is 6. The van der Waals surface area contributed by atoms with Gasteiger partial charge in [-0.3, -0.25) is 0 Å². The summed E-state index contributed by atoms with van der Waals surface area (Å²) in [6.45, 7) is 9.71. The lowest BCUT2D eigenvalue weighted by molar-refractivity contribution is -0.0228. The molecule has 0 unspecified atom stereocenters. The van der Waals surface area contributed by atoms with Crippen molar-refractivity contribution in [3.8, 4) is 0 Å². The lowest BCUT2D eigenvalue weighted by atomic mass is 9.77. The van der Waals surface area contributed by atoms with Gasteiger partial charge >= 0.3 is 0 Å². The van der Waals surface area contributed by atoms with Crippen molar-refractivity contribution in [2.24, 2.45) is 11.8 Å². The predicted octanol–water partition coefficient (Wildman–Crippen LogP) is 3.33. The summed E-state index contributed by atoms with van der Waals surface area (Å²) in [6.07, 6.45) is 2.62. The lowest BCUT2D eigenvalue weighted by Gasteiger charge is -2.32. The van der Waals surface area contributed by atoms with Crippen LogP contribution in [-0.4, -0.2) is 72.7 Å². The van der Waals surface area contributed by atoms with Gasteiger partial charge < -0.3 is 28.4 Å². The van der Waals surface area contributed by atoms with E-state index in [1.165, 1.54) is 18.4 Å². The molecule has 1 aliphatic rings. The van der Waals surface area contributed by atoms with Crippen molar-refractivity contribution in [2.75, 3.05) is 72.7 Å². The van der Waals surface area contributed by atoms with Crippen molar-refractivity contribution in [1.82, 2.24) is 0 Å². The van der Waals surface area contributed by atoms with E-state index in [2.05, 4.69) is 19.1 Å². The first-order chi connectivity index (χ1) is 14.3. The maximum Gasteiger partial charge on any atom is 0.0718 e. The zero-order chi connectivity index (χ0) is 20.4. The van der Waals surface area contributed by atoms with Crippen LogP contribution in [-0.2, 0) is 35.0 Å². The third-order valence-electron chi connectivity index (χ3n) is 4.80. The van der Waals surface area contributed by atoms with Crippen molar-refractivity contribution < 1.29 is 28.4 Å². The fourth-order valence-electron chi connectivity index (χ4n) is 3.22. The first-order valence-electron chi connectivity index (χ1n) is 10.8. The van der Waals surface area contributed by atoms with Crippen LogP contribution in [0.2, 0.25) is 0 Å². The Morgan fingerprint density at radius 3 is 1.55 bits per heavy atom. The summed E-state index contributed by atoms with van der Waals surface area (Å²) < 4.78 is 33.1. The molecule has 1 aromatic carbocycles. The van der Waals surface area contributed by atoms with Gasteiger partial charge in [-0.05, 0) is 30.2 Å². The Morgan fingerprint density at radius 1 is 0.621 bits per heavy atom. The normalized spacial score (nSPS) is 18.7. The van der Waals surface area contributed by atoms with Gasteiger partial charge in [-0.25, -0.2) is 0 Å². The number of rotatable bonds is 19. The summed E-state index contributed by atoms with van der Waals surface area (Å²) in [4.78, 5) is 0. The second-order valence-electron chi connectivity index (χ2n) is 7.51. The third-order valence-corrected chi connectivity index (χ3v) is 4.80. The molecule has 0 aliphatic heterocycles. The molecular weight excluding hydrogens is 372 g/mol. The Labute approximate surface area is 175 Å². The Morgan fingerprint density at radius 2 is 1.07 bits per heavy atom. The molecule has 0 saturated heterocycles. The van der Waals surface area contributed by atoms with E-state index in [0.29, 0.717) is 72.7 Å². The van der Waals surface area contributed by atoms with E-state index in [1.54, 1.807) is 0 Å². The second-order valence-corrected chi connectivity index (χ2v) is 7.51. The van der Waals surface area contributed by atoms with Gasteiger partial charge in [-0.1, -0.05) is 37.3 Å². The predicted molar refractivity (Wildman–Crippen MR) is 112 cm³/mol. The highest BCUT2D eigenvalue weighted by Crippen LogP contribution is 2.32. The second kappa shape index (κ2) is 16.7. The lowest BCUT2D eigenvalue weighted by Crippen LogP contribution is -2.26. The molecule has 0 heterocycles. The molecule has 0 aromatic heterocycles. The van der Waals surface area contributed by atoms with Crippen molar-refractivity contribution in [3.05, 3.63) is 35.9 Å². The van der Waals surface area contributed by atoms with Crippen LogP contribution in [0.5, 0.6) is 0 Å². The first kappa shape index (κ1) is 24.3. The van der Waals surface area contributed by atoms with Crippen LogP contribution in [0.15, 0.2) is 30.3 Å². The molecule has 0 spiro atoms. The van der Waals surface area contributed by atoms with Gasteiger partial charge in [-0.2, -0.15) is 0 Å². The van der Waals surface area contributed by atoms with E-state index in [1.807, 2.05) is 18.2 Å². The van der Waals surface area contributed by atoms with Crippen LogP contribution < -0.4 is 0 Å². The molecule has 0 amide bonds. The average Bonchev–Trinajstić information content (AvgIpc) is 2.72. The summed E-state index contributed by atoms with van der Waals surface area (Å²) in [7, 11) is 0. The number of benzene rings is 1.